The van der Waals surface area contributed by atoms with E-state index in [0.29, 0.717) is 17.0 Å². The summed E-state index contributed by atoms with van der Waals surface area (Å²) in [5.41, 5.74) is 1.16. The largest absolute Gasteiger partial charge is 0.424 e. The fourth-order valence-electron chi connectivity index (χ4n) is 2.51. The van der Waals surface area contributed by atoms with E-state index in [1.165, 1.54) is 0 Å². The minimum absolute atomic E-state index is 0.214. The molecule has 1 aromatic carbocycles. The zero-order valence-corrected chi connectivity index (χ0v) is 15.3. The maximum absolute atomic E-state index is 12.4. The molecular weight excluding hydrogens is 342 g/mol. The zero-order valence-electron chi connectivity index (χ0n) is 15.3. The minimum Gasteiger partial charge on any atom is -0.424 e. The molecule has 0 radical (unpaired) electrons. The van der Waals surface area contributed by atoms with Crippen molar-refractivity contribution in [2.45, 2.75) is 13.8 Å². The number of benzene rings is 1. The summed E-state index contributed by atoms with van der Waals surface area (Å²) in [6.45, 7) is 5.89. The van der Waals surface area contributed by atoms with Crippen LogP contribution in [0.1, 0.15) is 24.2 Å². The lowest BCUT2D eigenvalue weighted by Crippen LogP contribution is -2.23. The van der Waals surface area contributed by atoms with Gasteiger partial charge in [0, 0.05) is 37.4 Å². The van der Waals surface area contributed by atoms with E-state index < -0.39 is 0 Å². The van der Waals surface area contributed by atoms with E-state index >= 15 is 0 Å². The van der Waals surface area contributed by atoms with Gasteiger partial charge >= 0.3 is 6.01 Å². The Balaban J connectivity index is 1.62. The molecule has 0 atom stereocenters. The number of carbonyl (C=O) groups excluding carboxylic acids is 1. The van der Waals surface area contributed by atoms with E-state index in [0.717, 1.165) is 18.9 Å². The van der Waals surface area contributed by atoms with Gasteiger partial charge in [0.15, 0.2) is 0 Å². The normalized spacial score (nSPS) is 10.3. The summed E-state index contributed by atoms with van der Waals surface area (Å²) in [7, 11) is 0. The number of pyridine rings is 1. The van der Waals surface area contributed by atoms with Crippen molar-refractivity contribution in [2.24, 2.45) is 0 Å². The highest BCUT2D eigenvalue weighted by Gasteiger charge is 2.09. The van der Waals surface area contributed by atoms with Gasteiger partial charge in [-0.25, -0.2) is 15.0 Å². The van der Waals surface area contributed by atoms with Crippen molar-refractivity contribution >= 4 is 17.4 Å². The molecule has 0 aliphatic rings. The van der Waals surface area contributed by atoms with Crippen LogP contribution in [0.4, 0.5) is 11.5 Å². The topological polar surface area (TPSA) is 80.2 Å². The van der Waals surface area contributed by atoms with E-state index in [-0.39, 0.29) is 11.9 Å². The van der Waals surface area contributed by atoms with Crippen LogP contribution in [0.5, 0.6) is 11.8 Å². The van der Waals surface area contributed by atoms with E-state index in [1.54, 1.807) is 55.0 Å². The summed E-state index contributed by atoms with van der Waals surface area (Å²) in [4.78, 5) is 26.9. The number of aromatic nitrogens is 3. The quantitative estimate of drug-likeness (QED) is 0.688. The van der Waals surface area contributed by atoms with Gasteiger partial charge in [-0.15, -0.1) is 0 Å². The average molecular weight is 363 g/mol. The maximum Gasteiger partial charge on any atom is 0.321 e. The molecule has 0 saturated heterocycles. The molecule has 0 spiro atoms. The molecule has 27 heavy (non-hydrogen) atoms. The summed E-state index contributed by atoms with van der Waals surface area (Å²) >= 11 is 0. The smallest absolute Gasteiger partial charge is 0.321 e. The van der Waals surface area contributed by atoms with Crippen LogP contribution in [0.15, 0.2) is 61.1 Å². The van der Waals surface area contributed by atoms with E-state index in [9.17, 15) is 4.79 Å². The number of carbonyl (C=O) groups is 1. The number of hydrogen-bond donors (Lipinski definition) is 1. The van der Waals surface area contributed by atoms with Crippen LogP contribution in [0, 0.1) is 0 Å². The molecule has 1 N–H and O–H groups in total. The van der Waals surface area contributed by atoms with Crippen LogP contribution in [-0.4, -0.2) is 33.9 Å². The Labute approximate surface area is 158 Å². The second-order valence-corrected chi connectivity index (χ2v) is 5.69. The van der Waals surface area contributed by atoms with Gasteiger partial charge in [0.25, 0.3) is 5.91 Å². The highest BCUT2D eigenvalue weighted by Crippen LogP contribution is 2.20. The fraction of sp³-hybridized carbons (Fsp3) is 0.200. The second kappa shape index (κ2) is 8.75. The van der Waals surface area contributed by atoms with Gasteiger partial charge in [0.05, 0.1) is 5.56 Å². The van der Waals surface area contributed by atoms with Crippen molar-refractivity contribution in [3.63, 3.8) is 0 Å². The van der Waals surface area contributed by atoms with Crippen molar-refractivity contribution < 1.29 is 9.53 Å². The highest BCUT2D eigenvalue weighted by molar-refractivity contribution is 6.04. The molecule has 138 valence electrons. The Morgan fingerprint density at radius 3 is 2.30 bits per heavy atom. The standard InChI is InChI=1S/C20H21N5O2/c1-3-25(4-2)18-11-6-15(14-23-18)19(26)24-16-7-9-17(10-8-16)27-20-21-12-5-13-22-20/h5-14H,3-4H2,1-2H3,(H,24,26). The first kappa shape index (κ1) is 18.3. The molecule has 7 heteroatoms. The average Bonchev–Trinajstić information content (AvgIpc) is 2.72. The lowest BCUT2D eigenvalue weighted by molar-refractivity contribution is 0.102. The molecule has 0 aliphatic heterocycles. The first-order valence-corrected chi connectivity index (χ1v) is 8.77. The molecule has 0 fully saturated rings. The minimum atomic E-state index is -0.214. The lowest BCUT2D eigenvalue weighted by Gasteiger charge is -2.19. The Morgan fingerprint density at radius 1 is 1.00 bits per heavy atom. The van der Waals surface area contributed by atoms with Gasteiger partial charge in [0.2, 0.25) is 0 Å². The SMILES string of the molecule is CCN(CC)c1ccc(C(=O)Nc2ccc(Oc3ncccn3)cc2)cn1. The van der Waals surface area contributed by atoms with Crippen LogP contribution < -0.4 is 15.0 Å². The number of nitrogens with zero attached hydrogens (tertiary/aromatic N) is 4. The lowest BCUT2D eigenvalue weighted by atomic mass is 10.2. The van der Waals surface area contributed by atoms with Crippen molar-refractivity contribution in [1.29, 1.82) is 0 Å². The van der Waals surface area contributed by atoms with Crippen LogP contribution >= 0.6 is 0 Å². The molecule has 2 aromatic heterocycles. The Kier molecular flexibility index (Phi) is 5.94. The molecule has 7 nitrogen and oxygen atoms in total. The first-order valence-electron chi connectivity index (χ1n) is 8.77. The molecule has 0 unspecified atom stereocenters. The molecule has 0 bridgehead atoms. The molecule has 1 amide bonds. The predicted molar refractivity (Wildman–Crippen MR) is 104 cm³/mol. The Morgan fingerprint density at radius 2 is 1.70 bits per heavy atom. The first-order chi connectivity index (χ1) is 13.2. The number of anilines is 2. The monoisotopic (exact) mass is 363 g/mol. The second-order valence-electron chi connectivity index (χ2n) is 5.69. The third-order valence-corrected chi connectivity index (χ3v) is 3.96. The van der Waals surface area contributed by atoms with E-state index in [2.05, 4.69) is 39.0 Å². The summed E-state index contributed by atoms with van der Waals surface area (Å²) in [6, 6.07) is 12.6. The van der Waals surface area contributed by atoms with Crippen molar-refractivity contribution in [3.05, 3.63) is 66.6 Å². The van der Waals surface area contributed by atoms with Gasteiger partial charge in [0.1, 0.15) is 11.6 Å². The van der Waals surface area contributed by atoms with E-state index in [4.69, 9.17) is 4.74 Å². The van der Waals surface area contributed by atoms with Crippen molar-refractivity contribution in [2.75, 3.05) is 23.3 Å². The number of ether oxygens (including phenoxy) is 1. The summed E-state index contributed by atoms with van der Waals surface area (Å²) in [6.07, 6.45) is 4.81. The number of nitrogens with one attached hydrogen (secondary N) is 1. The van der Waals surface area contributed by atoms with Gasteiger partial charge in [-0.3, -0.25) is 4.79 Å². The van der Waals surface area contributed by atoms with Gasteiger partial charge in [-0.1, -0.05) is 0 Å². The van der Waals surface area contributed by atoms with E-state index in [1.807, 2.05) is 6.07 Å². The van der Waals surface area contributed by atoms with Crippen molar-refractivity contribution in [1.82, 2.24) is 15.0 Å². The number of amides is 1. The highest BCUT2D eigenvalue weighted by atomic mass is 16.5. The van der Waals surface area contributed by atoms with Gasteiger partial charge in [-0.2, -0.15) is 0 Å². The van der Waals surface area contributed by atoms with Crippen LogP contribution in [0.2, 0.25) is 0 Å². The van der Waals surface area contributed by atoms with Crippen LogP contribution in [0.25, 0.3) is 0 Å². The van der Waals surface area contributed by atoms with Gasteiger partial charge < -0.3 is 15.0 Å². The fourth-order valence-corrected chi connectivity index (χ4v) is 2.51. The number of hydrogen-bond acceptors (Lipinski definition) is 6. The van der Waals surface area contributed by atoms with Gasteiger partial charge in [-0.05, 0) is 56.3 Å². The van der Waals surface area contributed by atoms with Crippen LogP contribution in [-0.2, 0) is 0 Å². The van der Waals surface area contributed by atoms with Crippen molar-refractivity contribution in [3.8, 4) is 11.8 Å². The predicted octanol–water partition coefficient (Wildman–Crippen LogP) is 3.76. The third-order valence-electron chi connectivity index (χ3n) is 3.96. The van der Waals surface area contributed by atoms with Crippen LogP contribution in [0.3, 0.4) is 0 Å². The molecular formula is C20H21N5O2. The zero-order chi connectivity index (χ0) is 19.1. The molecule has 0 aliphatic carbocycles. The Hall–Kier alpha value is -3.48. The molecule has 3 aromatic rings. The molecule has 2 heterocycles. The molecule has 0 saturated carbocycles. The Bertz CT molecular complexity index is 863. The summed E-state index contributed by atoms with van der Waals surface area (Å²) in [5.74, 6) is 1.24. The summed E-state index contributed by atoms with van der Waals surface area (Å²) < 4.78 is 5.53. The third kappa shape index (κ3) is 4.78. The summed E-state index contributed by atoms with van der Waals surface area (Å²) in [5, 5.41) is 2.85. The molecule has 3 rings (SSSR count). The maximum atomic E-state index is 12.4. The number of rotatable bonds is 7.